The third kappa shape index (κ3) is 110. The van der Waals surface area contributed by atoms with Gasteiger partial charge < -0.3 is 5.11 Å². The Hall–Kier alpha value is -0.0400. The zero-order chi connectivity index (χ0) is 30.4. The van der Waals surface area contributed by atoms with E-state index in [2.05, 4.69) is 69.2 Å². The van der Waals surface area contributed by atoms with Crippen LogP contribution in [0.2, 0.25) is 0 Å². The van der Waals surface area contributed by atoms with Gasteiger partial charge in [-0.3, -0.25) is 0 Å². The third-order valence-electron chi connectivity index (χ3n) is 6.04. The van der Waals surface area contributed by atoms with Crippen molar-refractivity contribution >= 4 is 0 Å². The lowest BCUT2D eigenvalue weighted by Crippen LogP contribution is -1.70. The van der Waals surface area contributed by atoms with Crippen LogP contribution in [0.5, 0.6) is 0 Å². The van der Waals surface area contributed by atoms with Crippen molar-refractivity contribution in [1.82, 2.24) is 0 Å². The van der Waals surface area contributed by atoms with Gasteiger partial charge in [-0.2, -0.15) is 0 Å². The van der Waals surface area contributed by atoms with Crippen molar-refractivity contribution in [1.29, 1.82) is 0 Å². The molecule has 0 aromatic carbocycles. The van der Waals surface area contributed by atoms with Gasteiger partial charge in [0.2, 0.25) is 0 Å². The Balaban J connectivity index is -0.0000000820. The highest BCUT2D eigenvalue weighted by Gasteiger charge is 1.82. The summed E-state index contributed by atoms with van der Waals surface area (Å²) in [6.07, 6.45) is 35.0. The van der Waals surface area contributed by atoms with E-state index in [0.29, 0.717) is 0 Å². The van der Waals surface area contributed by atoms with Crippen molar-refractivity contribution in [3.8, 4) is 0 Å². The van der Waals surface area contributed by atoms with E-state index in [4.69, 9.17) is 5.11 Å². The van der Waals surface area contributed by atoms with Crippen LogP contribution in [0.3, 0.4) is 0 Å². The molecule has 0 radical (unpaired) electrons. The van der Waals surface area contributed by atoms with Crippen LogP contribution in [0.4, 0.5) is 0 Å². The van der Waals surface area contributed by atoms with Crippen LogP contribution >= 0.6 is 0 Å². The average Bonchev–Trinajstić information content (AvgIpc) is 2.92. The molecule has 0 fully saturated rings. The van der Waals surface area contributed by atoms with Crippen LogP contribution in [0.25, 0.3) is 0 Å². The van der Waals surface area contributed by atoms with Gasteiger partial charge in [-0.1, -0.05) is 230 Å². The summed E-state index contributed by atoms with van der Waals surface area (Å²) in [6.45, 7) is 24.4. The number of hydrogen-bond acceptors (Lipinski definition) is 1. The second-order valence-corrected chi connectivity index (χ2v) is 10.6. The van der Waals surface area contributed by atoms with Crippen LogP contribution < -0.4 is 0 Å². The van der Waals surface area contributed by atoms with Crippen molar-refractivity contribution in [2.75, 3.05) is 6.61 Å². The lowest BCUT2D eigenvalue weighted by molar-refractivity contribution is 0.318. The molecule has 0 aliphatic carbocycles. The molecular weight excluding hydrogens is 460 g/mol. The Bertz CT molecular complexity index is 173. The second-order valence-electron chi connectivity index (χ2n) is 10.6. The van der Waals surface area contributed by atoms with E-state index in [9.17, 15) is 0 Å². The predicted octanol–water partition coefficient (Wildman–Crippen LogP) is 14.9. The largest absolute Gasteiger partial charge is 0.397 e. The summed E-state index contributed by atoms with van der Waals surface area (Å²) in [7, 11) is 0. The molecule has 0 saturated heterocycles. The zero-order valence-electron chi connectivity index (χ0n) is 29.8. The van der Waals surface area contributed by atoms with E-state index < -0.39 is 0 Å². The van der Waals surface area contributed by atoms with Gasteiger partial charge in [-0.25, -0.2) is 0 Å². The molecule has 38 heavy (non-hydrogen) atoms. The molecule has 0 bridgehead atoms. The van der Waals surface area contributed by atoms with E-state index in [1.54, 1.807) is 6.92 Å². The van der Waals surface area contributed by atoms with Gasteiger partial charge in [0.25, 0.3) is 0 Å². The summed E-state index contributed by atoms with van der Waals surface area (Å²) in [5, 5.41) is 7.57. The monoisotopic (exact) mass is 547 g/mol. The Morgan fingerprint density at radius 3 is 0.342 bits per heavy atom. The molecule has 1 nitrogen and oxygen atoms in total. The van der Waals surface area contributed by atoms with Gasteiger partial charge in [-0.05, 0) is 6.92 Å². The summed E-state index contributed by atoms with van der Waals surface area (Å²) in [5.41, 5.74) is 0. The minimum absolute atomic E-state index is 0.250. The first-order valence-electron chi connectivity index (χ1n) is 18.1. The molecule has 0 amide bonds. The quantitative estimate of drug-likeness (QED) is 0.150. The summed E-state index contributed by atoms with van der Waals surface area (Å²) < 4.78 is 0. The number of rotatable bonds is 20. The summed E-state index contributed by atoms with van der Waals surface area (Å²) in [6, 6.07) is 0. The molecule has 0 saturated carbocycles. The molecule has 0 unspecified atom stereocenters. The van der Waals surface area contributed by atoms with Gasteiger partial charge in [0, 0.05) is 6.61 Å². The summed E-state index contributed by atoms with van der Waals surface area (Å²) in [4.78, 5) is 0. The first-order valence-corrected chi connectivity index (χ1v) is 18.1. The molecule has 0 spiro atoms. The first-order chi connectivity index (χ1) is 18.5. The number of unbranched alkanes of at least 4 members (excludes halogenated alkanes) is 20. The molecule has 0 aromatic heterocycles. The molecule has 0 heterocycles. The van der Waals surface area contributed by atoms with Gasteiger partial charge >= 0.3 is 0 Å². The number of aliphatic hydroxyl groups is 1. The van der Waals surface area contributed by atoms with Crippen LogP contribution in [-0.4, -0.2) is 11.7 Å². The smallest absolute Gasteiger partial charge is 0.0402 e. The van der Waals surface area contributed by atoms with E-state index in [0.717, 1.165) is 0 Å². The minimum atomic E-state index is 0.250. The Labute approximate surface area is 248 Å². The van der Waals surface area contributed by atoms with Gasteiger partial charge in [-0.15, -0.1) is 0 Å². The zero-order valence-corrected chi connectivity index (χ0v) is 29.8. The Morgan fingerprint density at radius 2 is 0.289 bits per heavy atom. The molecule has 0 aliphatic heterocycles. The maximum absolute atomic E-state index is 7.57. The van der Waals surface area contributed by atoms with E-state index >= 15 is 0 Å². The van der Waals surface area contributed by atoms with Crippen molar-refractivity contribution in [3.63, 3.8) is 0 Å². The van der Waals surface area contributed by atoms with Crippen LogP contribution in [0.15, 0.2) is 0 Å². The van der Waals surface area contributed by atoms with Crippen molar-refractivity contribution in [3.05, 3.63) is 0 Å². The highest BCUT2D eigenvalue weighted by Crippen LogP contribution is 2.02. The molecule has 0 aromatic rings. The first kappa shape index (κ1) is 50.8. The van der Waals surface area contributed by atoms with Crippen LogP contribution in [-0.2, 0) is 0 Å². The van der Waals surface area contributed by atoms with Crippen LogP contribution in [0, 0.1) is 0 Å². The van der Waals surface area contributed by atoms with E-state index in [1.165, 1.54) is 161 Å². The summed E-state index contributed by atoms with van der Waals surface area (Å²) in [5.74, 6) is 0. The molecule has 1 heteroatoms. The van der Waals surface area contributed by atoms with Crippen molar-refractivity contribution < 1.29 is 5.11 Å². The fraction of sp³-hybridized carbons (Fsp3) is 1.00. The molecule has 0 rings (SSSR count). The topological polar surface area (TPSA) is 20.2 Å². The minimum Gasteiger partial charge on any atom is -0.397 e. The number of aliphatic hydroxyl groups excluding tert-OH is 1. The SMILES string of the molecule is CCCCCCC.CCCCCCC.CCCCCCC.CCCCCCC.CCCCCCC.CCO. The standard InChI is InChI=1S/5C7H16.C2H6O/c5*1-3-5-7-6-4-2;1-2-3/h5*3-7H2,1-2H3;3H,2H2,1H3. The lowest BCUT2D eigenvalue weighted by Gasteiger charge is -1.90. The van der Waals surface area contributed by atoms with Gasteiger partial charge in [0.15, 0.2) is 0 Å². The second kappa shape index (κ2) is 70.9. The Morgan fingerprint density at radius 1 is 0.211 bits per heavy atom. The molecule has 240 valence electrons. The predicted molar refractivity (Wildman–Crippen MR) is 185 cm³/mol. The fourth-order valence-corrected chi connectivity index (χ4v) is 3.38. The number of hydrogen-bond donors (Lipinski definition) is 1. The molecule has 0 aliphatic rings. The van der Waals surface area contributed by atoms with Gasteiger partial charge in [0.05, 0.1) is 0 Å². The molecule has 0 atom stereocenters. The van der Waals surface area contributed by atoms with Crippen molar-refractivity contribution in [2.24, 2.45) is 0 Å². The van der Waals surface area contributed by atoms with E-state index in [1.807, 2.05) is 0 Å². The molecular formula is C37H86O. The fourth-order valence-electron chi connectivity index (χ4n) is 3.38. The molecule has 1 N–H and O–H groups in total. The lowest BCUT2D eigenvalue weighted by atomic mass is 10.2. The van der Waals surface area contributed by atoms with Gasteiger partial charge in [0.1, 0.15) is 0 Å². The van der Waals surface area contributed by atoms with Crippen molar-refractivity contribution in [2.45, 2.75) is 237 Å². The maximum Gasteiger partial charge on any atom is 0.0402 e. The van der Waals surface area contributed by atoms with E-state index in [-0.39, 0.29) is 6.61 Å². The highest BCUT2D eigenvalue weighted by molar-refractivity contribution is 4.38. The highest BCUT2D eigenvalue weighted by atomic mass is 16.2. The summed E-state index contributed by atoms with van der Waals surface area (Å²) >= 11 is 0. The third-order valence-corrected chi connectivity index (χ3v) is 6.04. The maximum atomic E-state index is 7.57. The Kier molecular flexibility index (Phi) is 94.7. The average molecular weight is 547 g/mol. The van der Waals surface area contributed by atoms with Crippen LogP contribution in [0.1, 0.15) is 237 Å². The normalized spacial score (nSPS) is 9.16.